The van der Waals surface area contributed by atoms with Gasteiger partial charge in [-0.1, -0.05) is 17.7 Å². The number of nitrogens with zero attached hydrogens (tertiary/aromatic N) is 3. The van der Waals surface area contributed by atoms with Crippen LogP contribution in [0.15, 0.2) is 42.6 Å². The van der Waals surface area contributed by atoms with Crippen molar-refractivity contribution in [2.75, 3.05) is 5.32 Å². The number of fused-ring (bicyclic) bond motifs is 1. The Balaban J connectivity index is 1.92. The summed E-state index contributed by atoms with van der Waals surface area (Å²) in [6, 6.07) is 11.6. The van der Waals surface area contributed by atoms with Gasteiger partial charge in [-0.05, 0) is 43.7 Å². The smallest absolute Gasteiger partial charge is 0.173 e. The number of aromatic amines is 1. The number of benzene rings is 2. The van der Waals surface area contributed by atoms with Crippen LogP contribution in [0.1, 0.15) is 16.7 Å². The number of nitrogens with one attached hydrogen (secondary N) is 2. The number of nitriles is 1. The van der Waals surface area contributed by atoms with Crippen molar-refractivity contribution in [3.63, 3.8) is 0 Å². The molecule has 0 aliphatic rings. The lowest BCUT2D eigenvalue weighted by molar-refractivity contribution is 0.509. The van der Waals surface area contributed by atoms with Crippen molar-refractivity contribution in [2.24, 2.45) is 0 Å². The average molecular weight is 363 g/mol. The summed E-state index contributed by atoms with van der Waals surface area (Å²) < 4.78 is 28.7. The van der Waals surface area contributed by atoms with Gasteiger partial charge in [0.25, 0.3) is 0 Å². The van der Waals surface area contributed by atoms with E-state index in [2.05, 4.69) is 21.5 Å². The number of halogens is 2. The summed E-state index contributed by atoms with van der Waals surface area (Å²) in [5.41, 5.74) is 4.58. The first-order valence-corrected chi connectivity index (χ1v) is 8.27. The number of imidazole rings is 1. The van der Waals surface area contributed by atoms with Gasteiger partial charge in [0.05, 0.1) is 0 Å². The van der Waals surface area contributed by atoms with E-state index in [0.717, 1.165) is 28.9 Å². The molecule has 0 atom stereocenters. The van der Waals surface area contributed by atoms with E-state index in [4.69, 9.17) is 0 Å². The number of aromatic nitrogens is 3. The predicted octanol–water partition coefficient (Wildman–Crippen LogP) is 4.84. The highest BCUT2D eigenvalue weighted by molar-refractivity contribution is 5.81. The minimum Gasteiger partial charge on any atom is -0.338 e. The second-order valence-corrected chi connectivity index (χ2v) is 6.34. The molecule has 0 fully saturated rings. The molecule has 0 amide bonds. The van der Waals surface area contributed by atoms with Gasteiger partial charge in [0.15, 0.2) is 23.1 Å². The molecule has 7 heteroatoms. The molecule has 0 radical (unpaired) electrons. The molecule has 0 aliphatic carbocycles. The first-order valence-electron chi connectivity index (χ1n) is 8.27. The molecule has 5 nitrogen and oxygen atoms in total. The number of hydrogen-bond acceptors (Lipinski definition) is 3. The van der Waals surface area contributed by atoms with E-state index in [9.17, 15) is 14.0 Å². The van der Waals surface area contributed by atoms with Gasteiger partial charge in [-0.2, -0.15) is 5.26 Å². The largest absolute Gasteiger partial charge is 0.338 e. The summed E-state index contributed by atoms with van der Waals surface area (Å²) in [5.74, 6) is -1.35. The van der Waals surface area contributed by atoms with Crippen LogP contribution >= 0.6 is 0 Å². The van der Waals surface area contributed by atoms with Crippen LogP contribution in [0.25, 0.3) is 16.9 Å². The summed E-state index contributed by atoms with van der Waals surface area (Å²) in [4.78, 5) is 4.49. The molecule has 0 bridgehead atoms. The van der Waals surface area contributed by atoms with Gasteiger partial charge in [-0.15, -0.1) is 0 Å². The van der Waals surface area contributed by atoms with E-state index in [1.165, 1.54) is 6.07 Å². The Labute approximate surface area is 153 Å². The Morgan fingerprint density at radius 2 is 1.93 bits per heavy atom. The molecular formula is C20H15F2N5. The van der Waals surface area contributed by atoms with Crippen molar-refractivity contribution >= 4 is 17.2 Å². The monoisotopic (exact) mass is 363 g/mol. The van der Waals surface area contributed by atoms with Crippen LogP contribution in [0.4, 0.5) is 20.3 Å². The molecule has 2 aromatic heterocycles. The second kappa shape index (κ2) is 6.25. The summed E-state index contributed by atoms with van der Waals surface area (Å²) in [5, 5.41) is 15.6. The lowest BCUT2D eigenvalue weighted by Crippen LogP contribution is -2.00. The standard InChI is InChI=1S/C20H15F2N5/c1-11-3-6-17(12(2)7-11)25-20-18(13-4-5-15(21)16(22)8-13)26-19-14(9-23)10-24-27(19)20/h3-8,10,24-25H,1-2H3. The van der Waals surface area contributed by atoms with Gasteiger partial charge in [0.1, 0.15) is 17.3 Å². The molecule has 4 aromatic rings. The summed E-state index contributed by atoms with van der Waals surface area (Å²) in [6.07, 6.45) is 1.55. The van der Waals surface area contributed by atoms with E-state index in [0.29, 0.717) is 28.3 Å². The Hall–Kier alpha value is -3.66. The summed E-state index contributed by atoms with van der Waals surface area (Å²) in [7, 11) is 0. The van der Waals surface area contributed by atoms with Gasteiger partial charge in [0, 0.05) is 17.4 Å². The molecule has 134 valence electrons. The van der Waals surface area contributed by atoms with Crippen molar-refractivity contribution in [1.82, 2.24) is 14.6 Å². The van der Waals surface area contributed by atoms with Crippen molar-refractivity contribution in [2.45, 2.75) is 13.8 Å². The second-order valence-electron chi connectivity index (χ2n) is 6.34. The maximum atomic E-state index is 13.8. The fourth-order valence-corrected chi connectivity index (χ4v) is 3.04. The molecule has 2 N–H and O–H groups in total. The summed E-state index contributed by atoms with van der Waals surface area (Å²) >= 11 is 0. The van der Waals surface area contributed by atoms with Crippen LogP contribution in [-0.4, -0.2) is 14.6 Å². The van der Waals surface area contributed by atoms with Gasteiger partial charge in [0.2, 0.25) is 0 Å². The average Bonchev–Trinajstić information content (AvgIpc) is 3.19. The van der Waals surface area contributed by atoms with Crippen molar-refractivity contribution in [1.29, 1.82) is 5.26 Å². The third-order valence-electron chi connectivity index (χ3n) is 4.40. The molecule has 0 unspecified atom stereocenters. The zero-order valence-corrected chi connectivity index (χ0v) is 14.6. The third kappa shape index (κ3) is 2.81. The van der Waals surface area contributed by atoms with Gasteiger partial charge in [-0.3, -0.25) is 5.10 Å². The quantitative estimate of drug-likeness (QED) is 0.547. The molecule has 27 heavy (non-hydrogen) atoms. The molecule has 0 spiro atoms. The fourth-order valence-electron chi connectivity index (χ4n) is 3.04. The van der Waals surface area contributed by atoms with E-state index in [-0.39, 0.29) is 0 Å². The highest BCUT2D eigenvalue weighted by Gasteiger charge is 2.19. The summed E-state index contributed by atoms with van der Waals surface area (Å²) in [6.45, 7) is 3.98. The van der Waals surface area contributed by atoms with Crippen molar-refractivity contribution < 1.29 is 8.78 Å². The van der Waals surface area contributed by atoms with Crippen molar-refractivity contribution in [3.8, 4) is 17.3 Å². The first-order chi connectivity index (χ1) is 13.0. The molecular weight excluding hydrogens is 348 g/mol. The topological polar surface area (TPSA) is 68.9 Å². The molecule has 2 aromatic carbocycles. The Bertz CT molecular complexity index is 1210. The first kappa shape index (κ1) is 16.8. The number of aryl methyl sites for hydroxylation is 2. The highest BCUT2D eigenvalue weighted by atomic mass is 19.2. The number of anilines is 2. The van der Waals surface area contributed by atoms with Crippen LogP contribution < -0.4 is 5.32 Å². The van der Waals surface area contributed by atoms with E-state index < -0.39 is 11.6 Å². The minimum absolute atomic E-state index is 0.354. The van der Waals surface area contributed by atoms with Crippen LogP contribution in [0.3, 0.4) is 0 Å². The number of hydrogen-bond donors (Lipinski definition) is 2. The molecule has 2 heterocycles. The number of rotatable bonds is 3. The maximum absolute atomic E-state index is 13.8. The van der Waals surface area contributed by atoms with Gasteiger partial charge < -0.3 is 5.32 Å². The third-order valence-corrected chi connectivity index (χ3v) is 4.40. The zero-order chi connectivity index (χ0) is 19.1. The van der Waals surface area contributed by atoms with Crippen molar-refractivity contribution in [3.05, 3.63) is 70.9 Å². The van der Waals surface area contributed by atoms with E-state index in [1.54, 1.807) is 10.7 Å². The lowest BCUT2D eigenvalue weighted by Gasteiger charge is -2.11. The molecule has 0 saturated carbocycles. The van der Waals surface area contributed by atoms with Crippen LogP contribution in [-0.2, 0) is 0 Å². The van der Waals surface area contributed by atoms with E-state index in [1.807, 2.05) is 32.0 Å². The Morgan fingerprint density at radius 3 is 2.63 bits per heavy atom. The van der Waals surface area contributed by atoms with Crippen LogP contribution in [0, 0.1) is 36.8 Å². The lowest BCUT2D eigenvalue weighted by atomic mass is 10.1. The highest BCUT2D eigenvalue weighted by Crippen LogP contribution is 2.33. The van der Waals surface area contributed by atoms with Crippen LogP contribution in [0.5, 0.6) is 0 Å². The Kier molecular flexibility index (Phi) is 3.89. The number of H-pyrrole nitrogens is 1. The fraction of sp³-hybridized carbons (Fsp3) is 0.100. The normalized spacial score (nSPS) is 10.9. The SMILES string of the molecule is Cc1ccc(Nc2c(-c3ccc(F)c(F)c3)nc3c(C#N)c[nH]n23)c(C)c1. The maximum Gasteiger partial charge on any atom is 0.173 e. The predicted molar refractivity (Wildman–Crippen MR) is 98.8 cm³/mol. The zero-order valence-electron chi connectivity index (χ0n) is 14.6. The van der Waals surface area contributed by atoms with Crippen LogP contribution in [0.2, 0.25) is 0 Å². The minimum atomic E-state index is -0.956. The molecule has 4 rings (SSSR count). The molecule has 0 saturated heterocycles. The van der Waals surface area contributed by atoms with Gasteiger partial charge >= 0.3 is 0 Å². The Morgan fingerprint density at radius 1 is 1.11 bits per heavy atom. The van der Waals surface area contributed by atoms with Gasteiger partial charge in [-0.25, -0.2) is 18.3 Å². The molecule has 0 aliphatic heterocycles. The van der Waals surface area contributed by atoms with E-state index >= 15 is 0 Å².